The zero-order valence-electron chi connectivity index (χ0n) is 16.5. The van der Waals surface area contributed by atoms with Gasteiger partial charge in [0.25, 0.3) is 5.91 Å². The highest BCUT2D eigenvalue weighted by molar-refractivity contribution is 5.81. The Morgan fingerprint density at radius 2 is 1.63 bits per heavy atom. The van der Waals surface area contributed by atoms with E-state index in [2.05, 4.69) is 5.32 Å². The van der Waals surface area contributed by atoms with Crippen LogP contribution < -0.4 is 10.1 Å². The van der Waals surface area contributed by atoms with E-state index in [0.717, 1.165) is 49.0 Å². The van der Waals surface area contributed by atoms with E-state index in [-0.39, 0.29) is 17.2 Å². The molecule has 1 amide bonds. The summed E-state index contributed by atoms with van der Waals surface area (Å²) in [6, 6.07) is 7.73. The van der Waals surface area contributed by atoms with E-state index in [1.54, 1.807) is 6.92 Å². The molecule has 4 fully saturated rings. The molecule has 1 aromatic rings. The van der Waals surface area contributed by atoms with Crippen molar-refractivity contribution >= 4 is 11.7 Å². The van der Waals surface area contributed by atoms with Gasteiger partial charge in [0.05, 0.1) is 0 Å². The van der Waals surface area contributed by atoms with Gasteiger partial charge in [-0.25, -0.2) is 0 Å². The van der Waals surface area contributed by atoms with Gasteiger partial charge in [-0.3, -0.25) is 4.79 Å². The fourth-order valence-electron chi connectivity index (χ4n) is 5.94. The Balaban J connectivity index is 1.32. The second-order valence-electron chi connectivity index (χ2n) is 9.29. The van der Waals surface area contributed by atoms with E-state index in [1.807, 2.05) is 31.2 Å². The van der Waals surface area contributed by atoms with Crippen LogP contribution in [0.3, 0.4) is 0 Å². The molecule has 146 valence electrons. The Bertz CT molecular complexity index is 674. The van der Waals surface area contributed by atoms with Crippen LogP contribution in [-0.4, -0.2) is 23.3 Å². The van der Waals surface area contributed by atoms with Gasteiger partial charge >= 0.3 is 0 Å². The molecule has 0 saturated heterocycles. The third-order valence-electron chi connectivity index (χ3n) is 6.80. The van der Waals surface area contributed by atoms with Gasteiger partial charge in [0.1, 0.15) is 11.5 Å². The standard InChI is InChI=1S/C23H31NO3/c1-15(25)3-4-17-5-7-21(8-6-17)27-16(2)22(26)24-23-12-18-9-19(13-23)11-20(10-18)14-23/h5-8,16,18-20H,3-4,9-14H2,1-2H3,(H,24,26). The van der Waals surface area contributed by atoms with Crippen LogP contribution in [0.5, 0.6) is 5.75 Å². The number of nitrogens with one attached hydrogen (secondary N) is 1. The van der Waals surface area contributed by atoms with Gasteiger partial charge < -0.3 is 14.8 Å². The molecule has 4 nitrogen and oxygen atoms in total. The van der Waals surface area contributed by atoms with Crippen molar-refractivity contribution in [3.63, 3.8) is 0 Å². The summed E-state index contributed by atoms with van der Waals surface area (Å²) >= 11 is 0. The van der Waals surface area contributed by atoms with E-state index in [9.17, 15) is 9.59 Å². The SMILES string of the molecule is CC(=O)CCc1ccc(OC(C)C(=O)NC23CC4CC(CC(C4)C2)C3)cc1. The number of benzene rings is 1. The predicted octanol–water partition coefficient (Wildman–Crippen LogP) is 4.06. The van der Waals surface area contributed by atoms with Crippen molar-refractivity contribution in [3.05, 3.63) is 29.8 Å². The molecule has 4 saturated carbocycles. The molecular weight excluding hydrogens is 338 g/mol. The molecule has 0 spiro atoms. The zero-order valence-corrected chi connectivity index (χ0v) is 16.5. The monoisotopic (exact) mass is 369 g/mol. The van der Waals surface area contributed by atoms with Crippen LogP contribution in [0.4, 0.5) is 0 Å². The lowest BCUT2D eigenvalue weighted by Gasteiger charge is -2.57. The van der Waals surface area contributed by atoms with Crippen LogP contribution in [-0.2, 0) is 16.0 Å². The van der Waals surface area contributed by atoms with Crippen molar-refractivity contribution in [3.8, 4) is 5.75 Å². The zero-order chi connectivity index (χ0) is 19.0. The summed E-state index contributed by atoms with van der Waals surface area (Å²) in [6.45, 7) is 3.45. The summed E-state index contributed by atoms with van der Waals surface area (Å²) in [5, 5.41) is 3.39. The molecular formula is C23H31NO3. The quantitative estimate of drug-likeness (QED) is 0.788. The van der Waals surface area contributed by atoms with Crippen molar-refractivity contribution in [1.82, 2.24) is 5.32 Å². The first-order valence-corrected chi connectivity index (χ1v) is 10.5. The minimum atomic E-state index is -0.499. The summed E-state index contributed by atoms with van der Waals surface area (Å²) in [5.41, 5.74) is 1.14. The summed E-state index contributed by atoms with van der Waals surface area (Å²) in [6.07, 6.45) is 8.39. The van der Waals surface area contributed by atoms with Gasteiger partial charge in [-0.05, 0) is 94.2 Å². The molecule has 0 heterocycles. The van der Waals surface area contributed by atoms with E-state index >= 15 is 0 Å². The molecule has 4 bridgehead atoms. The number of amides is 1. The molecule has 0 aromatic heterocycles. The Kier molecular flexibility index (Phi) is 5.00. The van der Waals surface area contributed by atoms with Crippen LogP contribution in [0.15, 0.2) is 24.3 Å². The van der Waals surface area contributed by atoms with Crippen molar-refractivity contribution in [2.45, 2.75) is 76.9 Å². The molecule has 0 aliphatic heterocycles. The number of hydrogen-bond acceptors (Lipinski definition) is 3. The molecule has 4 heteroatoms. The van der Waals surface area contributed by atoms with E-state index in [4.69, 9.17) is 4.74 Å². The molecule has 4 aliphatic carbocycles. The lowest BCUT2D eigenvalue weighted by Crippen LogP contribution is -2.61. The first-order chi connectivity index (χ1) is 12.9. The van der Waals surface area contributed by atoms with Crippen LogP contribution in [0.1, 0.15) is 64.4 Å². The summed E-state index contributed by atoms with van der Waals surface area (Å²) < 4.78 is 5.89. The van der Waals surface area contributed by atoms with E-state index < -0.39 is 6.10 Å². The third kappa shape index (κ3) is 4.20. The van der Waals surface area contributed by atoms with Crippen molar-refractivity contribution < 1.29 is 14.3 Å². The second-order valence-corrected chi connectivity index (χ2v) is 9.29. The normalized spacial score (nSPS) is 32.1. The minimum absolute atomic E-state index is 0.0117. The molecule has 1 aromatic carbocycles. The predicted molar refractivity (Wildman–Crippen MR) is 105 cm³/mol. The average Bonchev–Trinajstić information content (AvgIpc) is 2.59. The Morgan fingerprint density at radius 1 is 1.07 bits per heavy atom. The van der Waals surface area contributed by atoms with Gasteiger partial charge in [0.2, 0.25) is 0 Å². The number of Topliss-reactive ketones (excluding diaryl/α,β-unsaturated/α-hetero) is 1. The highest BCUT2D eigenvalue weighted by Crippen LogP contribution is 2.55. The molecule has 0 radical (unpaired) electrons. The topological polar surface area (TPSA) is 55.4 Å². The van der Waals surface area contributed by atoms with Crippen LogP contribution in [0.25, 0.3) is 0 Å². The average molecular weight is 370 g/mol. The van der Waals surface area contributed by atoms with Gasteiger partial charge in [-0.2, -0.15) is 0 Å². The molecule has 5 rings (SSSR count). The van der Waals surface area contributed by atoms with Gasteiger partial charge in [-0.15, -0.1) is 0 Å². The van der Waals surface area contributed by atoms with Crippen molar-refractivity contribution in [2.75, 3.05) is 0 Å². The summed E-state index contributed by atoms with van der Waals surface area (Å²) in [4.78, 5) is 23.9. The Morgan fingerprint density at radius 3 is 2.15 bits per heavy atom. The van der Waals surface area contributed by atoms with Crippen LogP contribution >= 0.6 is 0 Å². The van der Waals surface area contributed by atoms with Crippen LogP contribution in [0.2, 0.25) is 0 Å². The number of carbonyl (C=O) groups is 2. The number of rotatable bonds is 7. The third-order valence-corrected chi connectivity index (χ3v) is 6.80. The molecule has 1 atom stereocenters. The fraction of sp³-hybridized carbons (Fsp3) is 0.652. The van der Waals surface area contributed by atoms with Crippen molar-refractivity contribution in [1.29, 1.82) is 0 Å². The van der Waals surface area contributed by atoms with E-state index in [1.165, 1.54) is 19.3 Å². The Labute approximate surface area is 162 Å². The lowest BCUT2D eigenvalue weighted by molar-refractivity contribution is -0.133. The fourth-order valence-corrected chi connectivity index (χ4v) is 5.94. The molecule has 1 N–H and O–H groups in total. The molecule has 4 aliphatic rings. The number of aryl methyl sites for hydroxylation is 1. The highest BCUT2D eigenvalue weighted by atomic mass is 16.5. The summed E-state index contributed by atoms with van der Waals surface area (Å²) in [5.74, 6) is 3.36. The maximum atomic E-state index is 12.8. The second kappa shape index (κ2) is 7.29. The minimum Gasteiger partial charge on any atom is -0.481 e. The van der Waals surface area contributed by atoms with Gasteiger partial charge in [-0.1, -0.05) is 12.1 Å². The van der Waals surface area contributed by atoms with Crippen LogP contribution in [0, 0.1) is 17.8 Å². The maximum Gasteiger partial charge on any atom is 0.261 e. The van der Waals surface area contributed by atoms with Gasteiger partial charge in [0.15, 0.2) is 6.10 Å². The van der Waals surface area contributed by atoms with Gasteiger partial charge in [0, 0.05) is 12.0 Å². The summed E-state index contributed by atoms with van der Waals surface area (Å²) in [7, 11) is 0. The van der Waals surface area contributed by atoms with E-state index in [0.29, 0.717) is 12.2 Å². The lowest BCUT2D eigenvalue weighted by atomic mass is 9.53. The number of carbonyl (C=O) groups excluding carboxylic acids is 2. The molecule has 27 heavy (non-hydrogen) atoms. The largest absolute Gasteiger partial charge is 0.481 e. The number of ketones is 1. The first-order valence-electron chi connectivity index (χ1n) is 10.5. The maximum absolute atomic E-state index is 12.8. The Hall–Kier alpha value is -1.84. The number of hydrogen-bond donors (Lipinski definition) is 1. The molecule has 1 unspecified atom stereocenters. The first kappa shape index (κ1) is 18.5. The van der Waals surface area contributed by atoms with Crippen molar-refractivity contribution in [2.24, 2.45) is 17.8 Å². The smallest absolute Gasteiger partial charge is 0.261 e. The highest BCUT2D eigenvalue weighted by Gasteiger charge is 2.51. The number of ether oxygens (including phenoxy) is 1.